The molecule has 3 rings (SSSR count). The molecule has 0 heterocycles. The van der Waals surface area contributed by atoms with Crippen molar-refractivity contribution in [2.45, 2.75) is 20.8 Å². The Bertz CT molecular complexity index is 570. The van der Waals surface area contributed by atoms with E-state index in [1.807, 2.05) is 19.8 Å². The Kier molecular flexibility index (Phi) is 2.01. The monoisotopic (exact) mass is 214 g/mol. The van der Waals surface area contributed by atoms with Gasteiger partial charge < -0.3 is 0 Å². The number of hydrogen-bond acceptors (Lipinski definition) is 3. The van der Waals surface area contributed by atoms with Crippen LogP contribution >= 0.6 is 0 Å². The van der Waals surface area contributed by atoms with Gasteiger partial charge in [0.1, 0.15) is 17.8 Å². The normalized spacial score (nSPS) is 25.7. The Hall–Kier alpha value is -1.91. The molecule has 1 unspecified atom stereocenters. The fourth-order valence-electron chi connectivity index (χ4n) is 2.93. The highest BCUT2D eigenvalue weighted by atomic mass is 16.1. The first-order valence-corrected chi connectivity index (χ1v) is 4.98. The minimum absolute atomic E-state index is 0.242. The van der Waals surface area contributed by atoms with E-state index in [2.05, 4.69) is 0 Å². The van der Waals surface area contributed by atoms with Crippen LogP contribution in [0, 0.1) is 11.3 Å². The third-order valence-electron chi connectivity index (χ3n) is 3.55. The molecule has 0 aromatic rings. The summed E-state index contributed by atoms with van der Waals surface area (Å²) in [6.07, 6.45) is 0. The number of carbonyl (C=O) groups excluding carboxylic acids is 3. The maximum absolute atomic E-state index is 10.9. The first kappa shape index (κ1) is 10.6. The van der Waals surface area contributed by atoms with E-state index >= 15 is 0 Å². The molecule has 0 amide bonds. The summed E-state index contributed by atoms with van der Waals surface area (Å²) in [4.78, 5) is 32.6. The molecular formula is C13H10O3. The van der Waals surface area contributed by atoms with Crippen LogP contribution in [-0.2, 0) is 14.4 Å². The quantitative estimate of drug-likeness (QED) is 0.570. The van der Waals surface area contributed by atoms with Gasteiger partial charge in [0.15, 0.2) is 0 Å². The second-order valence-electron chi connectivity index (χ2n) is 4.66. The Morgan fingerprint density at radius 2 is 1.56 bits per heavy atom. The first-order chi connectivity index (χ1) is 7.50. The van der Waals surface area contributed by atoms with Crippen molar-refractivity contribution in [2.75, 3.05) is 0 Å². The standard InChI is InChI=1S/C13H10O3/c1-7-8(4-14)9(5-15)12-10(6-16)11(7)13(12,2)3/h12H,1-3H3. The summed E-state index contributed by atoms with van der Waals surface area (Å²) in [6.45, 7) is 5.61. The Labute approximate surface area is 92.8 Å². The topological polar surface area (TPSA) is 51.2 Å². The minimum atomic E-state index is -0.349. The van der Waals surface area contributed by atoms with Crippen molar-refractivity contribution in [3.63, 3.8) is 0 Å². The van der Waals surface area contributed by atoms with E-state index in [-0.39, 0.29) is 22.5 Å². The molecule has 1 saturated carbocycles. The van der Waals surface area contributed by atoms with Gasteiger partial charge in [-0.15, -0.1) is 0 Å². The fraction of sp³-hybridized carbons (Fsp3) is 0.385. The van der Waals surface area contributed by atoms with E-state index in [1.165, 1.54) is 0 Å². The van der Waals surface area contributed by atoms with E-state index in [0.717, 1.165) is 5.57 Å². The molecule has 2 bridgehead atoms. The summed E-state index contributed by atoms with van der Waals surface area (Å²) in [6, 6.07) is 0. The lowest BCUT2D eigenvalue weighted by atomic mass is 9.48. The predicted molar refractivity (Wildman–Crippen MR) is 57.6 cm³/mol. The molecule has 0 saturated heterocycles. The zero-order valence-corrected chi connectivity index (χ0v) is 9.30. The van der Waals surface area contributed by atoms with Gasteiger partial charge in [-0.25, -0.2) is 14.4 Å². The van der Waals surface area contributed by atoms with Gasteiger partial charge in [0.25, 0.3) is 0 Å². The minimum Gasteiger partial charge on any atom is -0.233 e. The molecule has 0 aromatic heterocycles. The molecule has 3 nitrogen and oxygen atoms in total. The van der Waals surface area contributed by atoms with Crippen molar-refractivity contribution in [1.29, 1.82) is 0 Å². The zero-order valence-electron chi connectivity index (χ0n) is 9.30. The number of fused-ring (bicyclic) bond motifs is 2. The van der Waals surface area contributed by atoms with E-state index in [1.54, 1.807) is 18.8 Å². The van der Waals surface area contributed by atoms with Crippen LogP contribution < -0.4 is 0 Å². The molecule has 3 aliphatic rings. The highest BCUT2D eigenvalue weighted by Gasteiger charge is 2.57. The van der Waals surface area contributed by atoms with Crippen molar-refractivity contribution < 1.29 is 14.4 Å². The van der Waals surface area contributed by atoms with E-state index in [9.17, 15) is 14.4 Å². The molecule has 80 valence electrons. The second-order valence-corrected chi connectivity index (χ2v) is 4.66. The SMILES string of the molecule is CC1=C2C(=C=O)C(C(=C=O)C1=C=O)C2(C)C. The van der Waals surface area contributed by atoms with Crippen LogP contribution in [0.1, 0.15) is 20.8 Å². The van der Waals surface area contributed by atoms with Gasteiger partial charge in [0.2, 0.25) is 0 Å². The van der Waals surface area contributed by atoms with Crippen molar-refractivity contribution in [2.24, 2.45) is 11.3 Å². The summed E-state index contributed by atoms with van der Waals surface area (Å²) in [5.41, 5.74) is 2.17. The highest BCUT2D eigenvalue weighted by molar-refractivity contribution is 5.89. The molecule has 0 aromatic carbocycles. The Morgan fingerprint density at radius 1 is 1.00 bits per heavy atom. The third-order valence-corrected chi connectivity index (χ3v) is 3.55. The predicted octanol–water partition coefficient (Wildman–Crippen LogP) is 1.25. The van der Waals surface area contributed by atoms with Crippen molar-refractivity contribution in [3.8, 4) is 0 Å². The lowest BCUT2D eigenvalue weighted by Gasteiger charge is -2.52. The van der Waals surface area contributed by atoms with Gasteiger partial charge in [-0.1, -0.05) is 13.8 Å². The molecule has 3 heteroatoms. The molecule has 3 aliphatic carbocycles. The Morgan fingerprint density at radius 3 is 2.00 bits per heavy atom. The van der Waals surface area contributed by atoms with Crippen LogP contribution in [0.15, 0.2) is 27.9 Å². The van der Waals surface area contributed by atoms with Crippen LogP contribution in [-0.4, -0.2) is 17.8 Å². The van der Waals surface area contributed by atoms with Crippen molar-refractivity contribution in [3.05, 3.63) is 27.9 Å². The zero-order chi connectivity index (χ0) is 12.1. The average molecular weight is 214 g/mol. The first-order valence-electron chi connectivity index (χ1n) is 4.98. The summed E-state index contributed by atoms with van der Waals surface area (Å²) in [7, 11) is 0. The molecule has 0 radical (unpaired) electrons. The second kappa shape index (κ2) is 3.04. The van der Waals surface area contributed by atoms with Crippen LogP contribution in [0.5, 0.6) is 0 Å². The number of rotatable bonds is 0. The average Bonchev–Trinajstić information content (AvgIpc) is 2.25. The van der Waals surface area contributed by atoms with Crippen LogP contribution in [0.3, 0.4) is 0 Å². The maximum atomic E-state index is 10.9. The third kappa shape index (κ3) is 0.925. The van der Waals surface area contributed by atoms with Gasteiger partial charge in [-0.05, 0) is 18.1 Å². The smallest absolute Gasteiger partial charge is 0.133 e. The summed E-state index contributed by atoms with van der Waals surface area (Å²) < 4.78 is 0. The molecule has 1 atom stereocenters. The van der Waals surface area contributed by atoms with Crippen molar-refractivity contribution >= 4 is 17.8 Å². The van der Waals surface area contributed by atoms with Crippen LogP contribution in [0.2, 0.25) is 0 Å². The lowest BCUT2D eigenvalue weighted by molar-refractivity contribution is 0.273. The van der Waals surface area contributed by atoms with Gasteiger partial charge in [0, 0.05) is 16.9 Å². The fourth-order valence-corrected chi connectivity index (χ4v) is 2.93. The number of allylic oxidation sites excluding steroid dienone is 5. The van der Waals surface area contributed by atoms with Gasteiger partial charge >= 0.3 is 0 Å². The summed E-state index contributed by atoms with van der Waals surface area (Å²) >= 11 is 0. The Balaban J connectivity index is 2.89. The van der Waals surface area contributed by atoms with E-state index < -0.39 is 0 Å². The largest absolute Gasteiger partial charge is 0.233 e. The van der Waals surface area contributed by atoms with Crippen LogP contribution in [0.4, 0.5) is 0 Å². The molecule has 1 fully saturated rings. The van der Waals surface area contributed by atoms with E-state index in [4.69, 9.17) is 0 Å². The van der Waals surface area contributed by atoms with Gasteiger partial charge in [-0.2, -0.15) is 0 Å². The molecule has 16 heavy (non-hydrogen) atoms. The molecule has 0 N–H and O–H groups in total. The maximum Gasteiger partial charge on any atom is 0.133 e. The molecular weight excluding hydrogens is 204 g/mol. The molecule has 0 spiro atoms. The number of hydrogen-bond donors (Lipinski definition) is 0. The summed E-state index contributed by atoms with van der Waals surface area (Å²) in [5, 5.41) is 0. The van der Waals surface area contributed by atoms with Gasteiger partial charge in [0.05, 0.1) is 11.1 Å². The van der Waals surface area contributed by atoms with Crippen LogP contribution in [0.25, 0.3) is 0 Å². The summed E-state index contributed by atoms with van der Waals surface area (Å²) in [5.74, 6) is 5.06. The van der Waals surface area contributed by atoms with Gasteiger partial charge in [-0.3, -0.25) is 0 Å². The van der Waals surface area contributed by atoms with E-state index in [0.29, 0.717) is 11.1 Å². The van der Waals surface area contributed by atoms with Crippen molar-refractivity contribution in [1.82, 2.24) is 0 Å². The lowest BCUT2D eigenvalue weighted by Crippen LogP contribution is -2.46. The molecule has 0 aliphatic heterocycles. The highest BCUT2D eigenvalue weighted by Crippen LogP contribution is 2.63.